The third-order valence-corrected chi connectivity index (χ3v) is 7.79. The van der Waals surface area contributed by atoms with Gasteiger partial charge in [-0.3, -0.25) is 0 Å². The van der Waals surface area contributed by atoms with Gasteiger partial charge >= 0.3 is 0 Å². The van der Waals surface area contributed by atoms with Crippen LogP contribution in [0.4, 0.5) is 0 Å². The zero-order chi connectivity index (χ0) is 20.2. The Kier molecular flexibility index (Phi) is 8.19. The maximum atomic E-state index is 6.11. The van der Waals surface area contributed by atoms with Gasteiger partial charge in [-0.1, -0.05) is 53.7 Å². The van der Waals surface area contributed by atoms with Crippen molar-refractivity contribution in [1.29, 1.82) is 0 Å². The summed E-state index contributed by atoms with van der Waals surface area (Å²) in [6, 6.07) is 0. The number of ether oxygens (including phenoxy) is 2. The molecule has 0 spiro atoms. The molecular weight excluding hydrogens is 332 g/mol. The van der Waals surface area contributed by atoms with E-state index in [0.29, 0.717) is 54.5 Å². The lowest BCUT2D eigenvalue weighted by molar-refractivity contribution is -0.0940. The van der Waals surface area contributed by atoms with Crippen LogP contribution in [0.2, 0.25) is 0 Å². The second-order valence-corrected chi connectivity index (χ2v) is 10.2. The first-order valence-electron chi connectivity index (χ1n) is 11.2. The van der Waals surface area contributed by atoms with Crippen molar-refractivity contribution in [3.63, 3.8) is 0 Å². The molecule has 0 aromatic rings. The zero-order valence-corrected chi connectivity index (χ0v) is 18.7. The predicted molar refractivity (Wildman–Crippen MR) is 116 cm³/mol. The summed E-state index contributed by atoms with van der Waals surface area (Å²) in [7, 11) is 0. The molecule has 2 heteroatoms. The summed E-state index contributed by atoms with van der Waals surface area (Å²) in [5.74, 6) is 4.06. The molecule has 0 aromatic carbocycles. The summed E-state index contributed by atoms with van der Waals surface area (Å²) in [6.07, 6.45) is 9.68. The molecule has 4 atom stereocenters. The van der Waals surface area contributed by atoms with Gasteiger partial charge in [0.15, 0.2) is 0 Å². The first-order chi connectivity index (χ1) is 12.7. The summed E-state index contributed by atoms with van der Waals surface area (Å²) in [5, 5.41) is 0. The lowest BCUT2D eigenvalue weighted by atomic mass is 9.55. The molecular formula is C25H44O2. The quantitative estimate of drug-likeness (QED) is 0.449. The summed E-state index contributed by atoms with van der Waals surface area (Å²) in [4.78, 5) is 0. The Morgan fingerprint density at radius 1 is 0.704 bits per heavy atom. The summed E-state index contributed by atoms with van der Waals surface area (Å²) >= 11 is 0. The molecule has 4 unspecified atom stereocenters. The number of hydrogen-bond donors (Lipinski definition) is 0. The van der Waals surface area contributed by atoms with Crippen molar-refractivity contribution < 1.29 is 9.47 Å². The van der Waals surface area contributed by atoms with E-state index in [-0.39, 0.29) is 0 Å². The van der Waals surface area contributed by atoms with E-state index in [1.165, 1.54) is 25.7 Å². The van der Waals surface area contributed by atoms with E-state index in [9.17, 15) is 0 Å². The van der Waals surface area contributed by atoms with Crippen molar-refractivity contribution in [2.24, 2.45) is 40.9 Å². The average molecular weight is 377 g/mol. The van der Waals surface area contributed by atoms with Crippen LogP contribution in [0, 0.1) is 40.9 Å². The molecule has 0 bridgehead atoms. The Hall–Kier alpha value is -0.600. The molecule has 0 saturated heterocycles. The Morgan fingerprint density at radius 2 is 1.00 bits per heavy atom. The molecule has 27 heavy (non-hydrogen) atoms. The van der Waals surface area contributed by atoms with Gasteiger partial charge in [0.25, 0.3) is 0 Å². The highest BCUT2D eigenvalue weighted by atomic mass is 16.5. The first-order valence-corrected chi connectivity index (χ1v) is 11.2. The molecule has 0 N–H and O–H groups in total. The zero-order valence-electron chi connectivity index (χ0n) is 18.7. The van der Waals surface area contributed by atoms with Crippen LogP contribution in [0.1, 0.15) is 67.2 Å². The van der Waals surface area contributed by atoms with Gasteiger partial charge in [-0.15, -0.1) is 13.2 Å². The van der Waals surface area contributed by atoms with Crippen molar-refractivity contribution in [3.05, 3.63) is 25.3 Å². The van der Waals surface area contributed by atoms with Crippen LogP contribution >= 0.6 is 0 Å². The van der Waals surface area contributed by atoms with E-state index in [1.54, 1.807) is 0 Å². The summed E-state index contributed by atoms with van der Waals surface area (Å²) < 4.78 is 12.2. The minimum absolute atomic E-state index is 0.373. The Bertz CT molecular complexity index is 417. The van der Waals surface area contributed by atoms with Crippen LogP contribution in [-0.4, -0.2) is 25.4 Å². The van der Waals surface area contributed by atoms with E-state index in [0.717, 1.165) is 11.8 Å². The normalized spacial score (nSPS) is 40.5. The highest BCUT2D eigenvalue weighted by Gasteiger charge is 2.47. The van der Waals surface area contributed by atoms with Gasteiger partial charge in [-0.2, -0.15) is 0 Å². The molecule has 0 amide bonds. The predicted octanol–water partition coefficient (Wildman–Crippen LogP) is 6.52. The molecule has 2 saturated carbocycles. The highest BCUT2D eigenvalue weighted by molar-refractivity contribution is 4.97. The number of hydrogen-bond acceptors (Lipinski definition) is 2. The molecule has 2 rings (SSSR count). The minimum Gasteiger partial charge on any atom is -0.374 e. The van der Waals surface area contributed by atoms with E-state index < -0.39 is 0 Å². The Morgan fingerprint density at radius 3 is 1.26 bits per heavy atom. The van der Waals surface area contributed by atoms with Crippen LogP contribution in [0.25, 0.3) is 0 Å². The molecule has 0 radical (unpaired) electrons. The SMILES string of the molecule is C=CCOC1C(C)CC(C(C)(C)C2CC(C)C(OCC=C)C(C)C2)CC1C. The van der Waals surface area contributed by atoms with Crippen LogP contribution in [0.15, 0.2) is 25.3 Å². The monoisotopic (exact) mass is 376 g/mol. The average Bonchev–Trinajstić information content (AvgIpc) is 2.60. The van der Waals surface area contributed by atoms with Gasteiger partial charge in [0.1, 0.15) is 0 Å². The van der Waals surface area contributed by atoms with Crippen molar-refractivity contribution in [2.45, 2.75) is 79.4 Å². The van der Waals surface area contributed by atoms with Crippen molar-refractivity contribution in [2.75, 3.05) is 13.2 Å². The van der Waals surface area contributed by atoms with Crippen LogP contribution in [-0.2, 0) is 9.47 Å². The molecule has 156 valence electrons. The van der Waals surface area contributed by atoms with Gasteiger partial charge < -0.3 is 9.47 Å². The number of rotatable bonds is 8. The lowest BCUT2D eigenvalue weighted by Gasteiger charge is -2.52. The molecule has 0 heterocycles. The van der Waals surface area contributed by atoms with E-state index in [4.69, 9.17) is 9.47 Å². The summed E-state index contributed by atoms with van der Waals surface area (Å²) in [5.41, 5.74) is 0.373. The Labute approximate surface area is 168 Å². The fourth-order valence-corrected chi connectivity index (χ4v) is 6.21. The second kappa shape index (κ2) is 9.74. The van der Waals surface area contributed by atoms with Crippen molar-refractivity contribution in [1.82, 2.24) is 0 Å². The topological polar surface area (TPSA) is 18.5 Å². The second-order valence-electron chi connectivity index (χ2n) is 10.2. The first kappa shape index (κ1) is 22.7. The molecule has 2 aliphatic carbocycles. The standard InChI is InChI=1S/C25H44O2/c1-9-11-26-23-17(3)13-21(14-18(23)4)25(7,8)22-15-19(5)24(20(6)16-22)27-12-10-2/h9-10,17-24H,1-2,11-16H2,3-8H3. The Balaban J connectivity index is 2.03. The molecule has 2 fully saturated rings. The largest absolute Gasteiger partial charge is 0.374 e. The van der Waals surface area contributed by atoms with Crippen LogP contribution < -0.4 is 0 Å². The summed E-state index contributed by atoms with van der Waals surface area (Å²) in [6.45, 7) is 23.6. The minimum atomic E-state index is 0.373. The van der Waals surface area contributed by atoms with E-state index in [2.05, 4.69) is 54.7 Å². The van der Waals surface area contributed by atoms with Crippen LogP contribution in [0.3, 0.4) is 0 Å². The third kappa shape index (κ3) is 5.26. The van der Waals surface area contributed by atoms with Gasteiger partial charge in [0.2, 0.25) is 0 Å². The van der Waals surface area contributed by atoms with Gasteiger partial charge in [0, 0.05) is 0 Å². The van der Waals surface area contributed by atoms with E-state index in [1.807, 2.05) is 12.2 Å². The fourth-order valence-electron chi connectivity index (χ4n) is 6.21. The third-order valence-electron chi connectivity index (χ3n) is 7.79. The van der Waals surface area contributed by atoms with Gasteiger partial charge in [-0.25, -0.2) is 0 Å². The smallest absolute Gasteiger partial charge is 0.0648 e. The lowest BCUT2D eigenvalue weighted by Crippen LogP contribution is -2.47. The van der Waals surface area contributed by atoms with Crippen molar-refractivity contribution >= 4 is 0 Å². The van der Waals surface area contributed by atoms with Gasteiger partial charge in [-0.05, 0) is 66.6 Å². The van der Waals surface area contributed by atoms with Crippen molar-refractivity contribution in [3.8, 4) is 0 Å². The highest BCUT2D eigenvalue weighted by Crippen LogP contribution is 2.52. The van der Waals surface area contributed by atoms with Gasteiger partial charge in [0.05, 0.1) is 25.4 Å². The fraction of sp³-hybridized carbons (Fsp3) is 0.840. The maximum Gasteiger partial charge on any atom is 0.0648 e. The van der Waals surface area contributed by atoms with E-state index >= 15 is 0 Å². The molecule has 2 nitrogen and oxygen atoms in total. The molecule has 0 aliphatic heterocycles. The maximum absolute atomic E-state index is 6.11. The molecule has 2 aliphatic rings. The van der Waals surface area contributed by atoms with Crippen LogP contribution in [0.5, 0.6) is 0 Å². The molecule has 0 aromatic heterocycles.